The van der Waals surface area contributed by atoms with Gasteiger partial charge in [-0.25, -0.2) is 0 Å². The molecule has 0 bridgehead atoms. The van der Waals surface area contributed by atoms with E-state index >= 15 is 0 Å². The molecule has 1 N–H and O–H groups in total. The van der Waals surface area contributed by atoms with E-state index in [4.69, 9.17) is 0 Å². The molecule has 2 aromatic carbocycles. The molecule has 0 saturated heterocycles. The molecule has 4 nitrogen and oxygen atoms in total. The second-order valence-corrected chi connectivity index (χ2v) is 7.40. The second-order valence-electron chi connectivity index (χ2n) is 6.35. The van der Waals surface area contributed by atoms with Crippen LogP contribution in [0.2, 0.25) is 0 Å². The monoisotopic (exact) mass is 376 g/mol. The van der Waals surface area contributed by atoms with Crippen LogP contribution in [-0.4, -0.2) is 34.7 Å². The van der Waals surface area contributed by atoms with Crippen molar-refractivity contribution in [3.63, 3.8) is 0 Å². The number of fused-ring (bicyclic) bond motifs is 3. The largest absolute Gasteiger partial charge is 0.353 e. The Kier molecular flexibility index (Phi) is 4.54. The third kappa shape index (κ3) is 2.84. The minimum absolute atomic E-state index is 0.449. The Bertz CT molecular complexity index is 1140. The zero-order valence-electron chi connectivity index (χ0n) is 15.3. The third-order valence-corrected chi connectivity index (χ3v) is 6.05. The molecule has 0 radical (unpaired) electrons. The highest BCUT2D eigenvalue weighted by Gasteiger charge is 2.29. The van der Waals surface area contributed by atoms with E-state index in [-0.39, 0.29) is 0 Å². The summed E-state index contributed by atoms with van der Waals surface area (Å²) in [6.45, 7) is 4.81. The Hall–Kier alpha value is -2.92. The van der Waals surface area contributed by atoms with Crippen LogP contribution in [0, 0.1) is 0 Å². The van der Waals surface area contributed by atoms with Crippen molar-refractivity contribution in [3.05, 3.63) is 60.2 Å². The average molecular weight is 376 g/mol. The Labute approximate surface area is 161 Å². The molecule has 2 heterocycles. The number of aromatic amines is 1. The lowest BCUT2D eigenvalue weighted by Gasteiger charge is -2.17. The fourth-order valence-electron chi connectivity index (χ4n) is 3.45. The van der Waals surface area contributed by atoms with Gasteiger partial charge in [0.1, 0.15) is 0 Å². The summed E-state index contributed by atoms with van der Waals surface area (Å²) in [5.74, 6) is -0.897. The molecule has 5 heteroatoms. The number of thiophene rings is 1. The predicted molar refractivity (Wildman–Crippen MR) is 111 cm³/mol. The average Bonchev–Trinajstić information content (AvgIpc) is 3.25. The number of H-pyrrole nitrogens is 1. The number of benzene rings is 2. The Balaban J connectivity index is 1.98. The predicted octanol–water partition coefficient (Wildman–Crippen LogP) is 5.10. The number of carbonyl (C=O) groups is 2. The lowest BCUT2D eigenvalue weighted by Crippen LogP contribution is -2.36. The number of amides is 1. The first-order valence-electron chi connectivity index (χ1n) is 9.07. The van der Waals surface area contributed by atoms with Crippen LogP contribution in [0.4, 0.5) is 0 Å². The van der Waals surface area contributed by atoms with Gasteiger partial charge in [-0.15, -0.1) is 11.3 Å². The van der Waals surface area contributed by atoms with Crippen LogP contribution in [0.3, 0.4) is 0 Å². The zero-order chi connectivity index (χ0) is 19.0. The molecular weight excluding hydrogens is 356 g/mol. The smallest absolute Gasteiger partial charge is 0.295 e. The summed E-state index contributed by atoms with van der Waals surface area (Å²) in [5.41, 5.74) is 3.02. The fraction of sp³-hybridized carbons (Fsp3) is 0.182. The van der Waals surface area contributed by atoms with Gasteiger partial charge in [-0.05, 0) is 25.5 Å². The maximum absolute atomic E-state index is 13.2. The van der Waals surface area contributed by atoms with Gasteiger partial charge >= 0.3 is 0 Å². The van der Waals surface area contributed by atoms with E-state index in [1.807, 2.05) is 68.4 Å². The molecule has 0 aliphatic rings. The van der Waals surface area contributed by atoms with E-state index in [1.54, 1.807) is 16.2 Å². The summed E-state index contributed by atoms with van der Waals surface area (Å²) in [5, 5.41) is 1.07. The van der Waals surface area contributed by atoms with Crippen LogP contribution in [0.1, 0.15) is 24.2 Å². The summed E-state index contributed by atoms with van der Waals surface area (Å²) in [7, 11) is 0. The lowest BCUT2D eigenvalue weighted by molar-refractivity contribution is -0.126. The second kappa shape index (κ2) is 7.00. The molecule has 0 saturated carbocycles. The van der Waals surface area contributed by atoms with E-state index < -0.39 is 11.7 Å². The topological polar surface area (TPSA) is 53.2 Å². The molecule has 0 atom stereocenters. The van der Waals surface area contributed by atoms with E-state index in [1.165, 1.54) is 0 Å². The Morgan fingerprint density at radius 2 is 1.63 bits per heavy atom. The number of Topliss-reactive ketones (excluding diaryl/α,β-unsaturated/α-hetero) is 1. The number of hydrogen-bond acceptors (Lipinski definition) is 3. The first kappa shape index (κ1) is 17.5. The third-order valence-electron chi connectivity index (χ3n) is 4.86. The minimum atomic E-state index is -0.449. The van der Waals surface area contributed by atoms with Gasteiger partial charge in [0.15, 0.2) is 0 Å². The van der Waals surface area contributed by atoms with Gasteiger partial charge in [0.2, 0.25) is 0 Å². The first-order chi connectivity index (χ1) is 13.2. The first-order valence-corrected chi connectivity index (χ1v) is 9.89. The number of hydrogen-bond donors (Lipinski definition) is 1. The number of rotatable bonds is 5. The molecule has 0 fully saturated rings. The summed E-state index contributed by atoms with van der Waals surface area (Å²) in [6, 6.07) is 17.8. The maximum Gasteiger partial charge on any atom is 0.295 e. The summed E-state index contributed by atoms with van der Waals surface area (Å²) >= 11 is 1.55. The molecule has 0 unspecified atom stereocenters. The van der Waals surface area contributed by atoms with Crippen molar-refractivity contribution in [2.24, 2.45) is 0 Å². The number of ketones is 1. The number of aromatic nitrogens is 1. The summed E-state index contributed by atoms with van der Waals surface area (Å²) in [6.07, 6.45) is 0. The van der Waals surface area contributed by atoms with Gasteiger partial charge in [0, 0.05) is 23.2 Å². The molecule has 2 aromatic heterocycles. The number of nitrogens with one attached hydrogen (secondary N) is 1. The van der Waals surface area contributed by atoms with Gasteiger partial charge in [0.05, 0.1) is 21.5 Å². The molecule has 0 aliphatic heterocycles. The standard InChI is InChI=1S/C22H20N2O2S/c1-3-24(4-2)22(26)20(25)17-18(14-10-6-5-7-11-14)23-19-15-12-8-9-13-16(15)27-21(17)19/h5-13,23H,3-4H2,1-2H3. The van der Waals surface area contributed by atoms with Crippen LogP contribution in [0.25, 0.3) is 31.6 Å². The van der Waals surface area contributed by atoms with E-state index in [0.29, 0.717) is 24.3 Å². The van der Waals surface area contributed by atoms with Crippen LogP contribution in [-0.2, 0) is 4.79 Å². The van der Waals surface area contributed by atoms with Crippen LogP contribution in [0.5, 0.6) is 0 Å². The highest BCUT2D eigenvalue weighted by molar-refractivity contribution is 7.26. The fourth-order valence-corrected chi connectivity index (χ4v) is 4.65. The van der Waals surface area contributed by atoms with Crippen LogP contribution in [0.15, 0.2) is 54.6 Å². The van der Waals surface area contributed by atoms with Crippen molar-refractivity contribution in [2.75, 3.05) is 13.1 Å². The molecular formula is C22H20N2O2S. The Morgan fingerprint density at radius 1 is 0.963 bits per heavy atom. The molecule has 136 valence electrons. The molecule has 0 aliphatic carbocycles. The molecule has 27 heavy (non-hydrogen) atoms. The zero-order valence-corrected chi connectivity index (χ0v) is 16.1. The van der Waals surface area contributed by atoms with E-state index in [2.05, 4.69) is 4.98 Å². The van der Waals surface area contributed by atoms with Gasteiger partial charge in [-0.2, -0.15) is 0 Å². The molecule has 1 amide bonds. The SMILES string of the molecule is CCN(CC)C(=O)C(=O)c1c(-c2ccccc2)[nH]c2c1sc1ccccc12. The lowest BCUT2D eigenvalue weighted by atomic mass is 10.0. The summed E-state index contributed by atoms with van der Waals surface area (Å²) in [4.78, 5) is 31.1. The van der Waals surface area contributed by atoms with Gasteiger partial charge in [-0.3, -0.25) is 9.59 Å². The van der Waals surface area contributed by atoms with Crippen LogP contribution < -0.4 is 0 Å². The number of carbonyl (C=O) groups excluding carboxylic acids is 2. The molecule has 4 aromatic rings. The van der Waals surface area contributed by atoms with Gasteiger partial charge in [0.25, 0.3) is 11.7 Å². The quantitative estimate of drug-likeness (QED) is 0.389. The maximum atomic E-state index is 13.2. The van der Waals surface area contributed by atoms with E-state index in [9.17, 15) is 9.59 Å². The van der Waals surface area contributed by atoms with Crippen LogP contribution >= 0.6 is 11.3 Å². The van der Waals surface area contributed by atoms with E-state index in [0.717, 1.165) is 25.9 Å². The minimum Gasteiger partial charge on any atom is -0.353 e. The van der Waals surface area contributed by atoms with Crippen molar-refractivity contribution in [3.8, 4) is 11.3 Å². The summed E-state index contributed by atoms with van der Waals surface area (Å²) < 4.78 is 1.95. The number of nitrogens with zero attached hydrogens (tertiary/aromatic N) is 1. The highest BCUT2D eigenvalue weighted by atomic mass is 32.1. The molecule has 4 rings (SSSR count). The van der Waals surface area contributed by atoms with Crippen molar-refractivity contribution in [1.29, 1.82) is 0 Å². The highest BCUT2D eigenvalue weighted by Crippen LogP contribution is 2.40. The van der Waals surface area contributed by atoms with Crippen molar-refractivity contribution in [1.82, 2.24) is 9.88 Å². The Morgan fingerprint density at radius 3 is 2.33 bits per heavy atom. The number of likely N-dealkylation sites (N-methyl/N-ethyl adjacent to an activating group) is 1. The van der Waals surface area contributed by atoms with Crippen molar-refractivity contribution in [2.45, 2.75) is 13.8 Å². The van der Waals surface area contributed by atoms with Crippen molar-refractivity contribution < 1.29 is 9.59 Å². The molecule has 0 spiro atoms. The normalized spacial score (nSPS) is 11.2. The van der Waals surface area contributed by atoms with Gasteiger partial charge in [-0.1, -0.05) is 48.5 Å². The van der Waals surface area contributed by atoms with Crippen molar-refractivity contribution >= 4 is 43.3 Å². The van der Waals surface area contributed by atoms with Gasteiger partial charge < -0.3 is 9.88 Å².